The molecule has 0 aromatic rings. The zero-order valence-corrected chi connectivity index (χ0v) is 14.3. The summed E-state index contributed by atoms with van der Waals surface area (Å²) in [6.07, 6.45) is 10.8. The molecule has 0 heterocycles. The first-order valence-corrected chi connectivity index (χ1v) is 8.54. The van der Waals surface area contributed by atoms with E-state index >= 15 is 0 Å². The molecule has 1 rings (SSSR count). The molecule has 0 aromatic heterocycles. The smallest absolute Gasteiger partial charge is 0.00798 e. The van der Waals surface area contributed by atoms with E-state index in [9.17, 15) is 0 Å². The van der Waals surface area contributed by atoms with E-state index in [4.69, 9.17) is 0 Å². The fourth-order valence-corrected chi connectivity index (χ4v) is 4.41. The van der Waals surface area contributed by atoms with Gasteiger partial charge in [-0.1, -0.05) is 60.8 Å². The van der Waals surface area contributed by atoms with Gasteiger partial charge in [0.15, 0.2) is 0 Å². The minimum atomic E-state index is 0.501. The highest BCUT2D eigenvalue weighted by atomic mass is 15.0. The van der Waals surface area contributed by atoms with Crippen LogP contribution >= 0.6 is 0 Å². The molecule has 0 aromatic carbocycles. The summed E-state index contributed by atoms with van der Waals surface area (Å²) in [5.41, 5.74) is 1.00. The normalized spacial score (nSPS) is 24.3. The summed E-state index contributed by atoms with van der Waals surface area (Å²) in [5.74, 6) is 0. The van der Waals surface area contributed by atoms with Crippen molar-refractivity contribution in [3.05, 3.63) is 0 Å². The molecule has 1 aliphatic rings. The first-order valence-electron chi connectivity index (χ1n) is 8.54. The SMILES string of the molecule is CCCCC(CCC)NC1CC(C)(C)CC(C)(C)C1. The largest absolute Gasteiger partial charge is 0.311 e. The van der Waals surface area contributed by atoms with Crippen molar-refractivity contribution in [3.63, 3.8) is 0 Å². The predicted octanol–water partition coefficient (Wildman–Crippen LogP) is 5.54. The molecule has 0 spiro atoms. The second-order valence-electron chi connectivity index (χ2n) is 8.40. The van der Waals surface area contributed by atoms with Gasteiger partial charge < -0.3 is 5.32 Å². The van der Waals surface area contributed by atoms with Crippen molar-refractivity contribution < 1.29 is 0 Å². The van der Waals surface area contributed by atoms with Crippen LogP contribution in [0.4, 0.5) is 0 Å². The summed E-state index contributed by atoms with van der Waals surface area (Å²) < 4.78 is 0. The Morgan fingerprint density at radius 1 is 0.947 bits per heavy atom. The number of hydrogen-bond acceptors (Lipinski definition) is 1. The Morgan fingerprint density at radius 2 is 1.53 bits per heavy atom. The number of rotatable bonds is 7. The summed E-state index contributed by atoms with van der Waals surface area (Å²) in [5, 5.41) is 4.00. The molecular weight excluding hydrogens is 230 g/mol. The zero-order chi connectivity index (χ0) is 14.5. The van der Waals surface area contributed by atoms with Crippen molar-refractivity contribution in [3.8, 4) is 0 Å². The van der Waals surface area contributed by atoms with Crippen LogP contribution in [0.1, 0.15) is 92.9 Å². The van der Waals surface area contributed by atoms with Crippen LogP contribution in [0.15, 0.2) is 0 Å². The molecule has 0 aliphatic heterocycles. The van der Waals surface area contributed by atoms with Gasteiger partial charge >= 0.3 is 0 Å². The Balaban J connectivity index is 2.56. The van der Waals surface area contributed by atoms with E-state index in [0.29, 0.717) is 10.8 Å². The predicted molar refractivity (Wildman–Crippen MR) is 86.6 cm³/mol. The van der Waals surface area contributed by atoms with Gasteiger partial charge in [0, 0.05) is 12.1 Å². The lowest BCUT2D eigenvalue weighted by atomic mass is 9.63. The molecular formula is C18H37N. The monoisotopic (exact) mass is 267 g/mol. The Labute approximate surface area is 121 Å². The molecule has 0 bridgehead atoms. The second-order valence-corrected chi connectivity index (χ2v) is 8.40. The zero-order valence-electron chi connectivity index (χ0n) is 14.3. The van der Waals surface area contributed by atoms with E-state index in [1.54, 1.807) is 0 Å². The molecule has 1 fully saturated rings. The third-order valence-electron chi connectivity index (χ3n) is 4.57. The average Bonchev–Trinajstić information content (AvgIpc) is 2.21. The molecule has 1 N–H and O–H groups in total. The Kier molecular flexibility index (Phi) is 6.36. The highest BCUT2D eigenvalue weighted by molar-refractivity contribution is 4.93. The number of unbranched alkanes of at least 4 members (excludes halogenated alkanes) is 1. The van der Waals surface area contributed by atoms with Crippen LogP contribution in [-0.4, -0.2) is 12.1 Å². The van der Waals surface area contributed by atoms with Crippen LogP contribution in [0, 0.1) is 10.8 Å². The molecule has 1 unspecified atom stereocenters. The van der Waals surface area contributed by atoms with Crippen LogP contribution < -0.4 is 5.32 Å². The van der Waals surface area contributed by atoms with E-state index in [0.717, 1.165) is 12.1 Å². The summed E-state index contributed by atoms with van der Waals surface area (Å²) >= 11 is 0. The molecule has 0 amide bonds. The van der Waals surface area contributed by atoms with E-state index in [1.807, 2.05) is 0 Å². The third-order valence-corrected chi connectivity index (χ3v) is 4.57. The van der Waals surface area contributed by atoms with E-state index in [2.05, 4.69) is 46.9 Å². The van der Waals surface area contributed by atoms with Gasteiger partial charge in [0.05, 0.1) is 0 Å². The number of nitrogens with one attached hydrogen (secondary N) is 1. The Hall–Kier alpha value is -0.0400. The van der Waals surface area contributed by atoms with Crippen LogP contribution in [0.25, 0.3) is 0 Å². The van der Waals surface area contributed by atoms with Crippen molar-refractivity contribution in [2.24, 2.45) is 10.8 Å². The van der Waals surface area contributed by atoms with Gasteiger partial charge in [-0.3, -0.25) is 0 Å². The van der Waals surface area contributed by atoms with Crippen LogP contribution in [0.5, 0.6) is 0 Å². The molecule has 19 heavy (non-hydrogen) atoms. The molecule has 1 aliphatic carbocycles. The average molecular weight is 268 g/mol. The van der Waals surface area contributed by atoms with Gasteiger partial charge in [-0.05, 0) is 42.9 Å². The minimum Gasteiger partial charge on any atom is -0.311 e. The van der Waals surface area contributed by atoms with Gasteiger partial charge in [-0.25, -0.2) is 0 Å². The Morgan fingerprint density at radius 3 is 2.00 bits per heavy atom. The van der Waals surface area contributed by atoms with Gasteiger partial charge in [-0.2, -0.15) is 0 Å². The van der Waals surface area contributed by atoms with Gasteiger partial charge in [0.25, 0.3) is 0 Å². The van der Waals surface area contributed by atoms with Crippen molar-refractivity contribution in [1.29, 1.82) is 0 Å². The lowest BCUT2D eigenvalue weighted by Crippen LogP contribution is -2.47. The lowest BCUT2D eigenvalue weighted by Gasteiger charge is -2.46. The van der Waals surface area contributed by atoms with E-state index in [1.165, 1.54) is 51.4 Å². The van der Waals surface area contributed by atoms with Crippen molar-refractivity contribution in [1.82, 2.24) is 5.32 Å². The molecule has 1 heteroatoms. The van der Waals surface area contributed by atoms with E-state index < -0.39 is 0 Å². The summed E-state index contributed by atoms with van der Waals surface area (Å²) in [4.78, 5) is 0. The van der Waals surface area contributed by atoms with Crippen molar-refractivity contribution in [2.75, 3.05) is 0 Å². The summed E-state index contributed by atoms with van der Waals surface area (Å²) in [7, 11) is 0. The second kappa shape index (κ2) is 7.11. The molecule has 0 saturated heterocycles. The molecule has 1 atom stereocenters. The first-order chi connectivity index (χ1) is 8.78. The quantitative estimate of drug-likeness (QED) is 0.638. The maximum Gasteiger partial charge on any atom is 0.00798 e. The Bertz CT molecular complexity index is 238. The van der Waals surface area contributed by atoms with Crippen molar-refractivity contribution >= 4 is 0 Å². The van der Waals surface area contributed by atoms with Crippen LogP contribution in [-0.2, 0) is 0 Å². The van der Waals surface area contributed by atoms with Crippen LogP contribution in [0.3, 0.4) is 0 Å². The van der Waals surface area contributed by atoms with Gasteiger partial charge in [0.2, 0.25) is 0 Å². The standard InChI is InChI=1S/C18H37N/c1-7-9-11-15(10-8-2)19-16-12-17(3,4)14-18(5,6)13-16/h15-16,19H,7-14H2,1-6H3. The maximum absolute atomic E-state index is 4.00. The fraction of sp³-hybridized carbons (Fsp3) is 1.00. The summed E-state index contributed by atoms with van der Waals surface area (Å²) in [6, 6.07) is 1.48. The topological polar surface area (TPSA) is 12.0 Å². The maximum atomic E-state index is 4.00. The lowest BCUT2D eigenvalue weighted by molar-refractivity contribution is 0.0789. The molecule has 1 saturated carbocycles. The summed E-state index contributed by atoms with van der Waals surface area (Å²) in [6.45, 7) is 14.4. The first kappa shape index (κ1) is 17.0. The molecule has 0 radical (unpaired) electrons. The van der Waals surface area contributed by atoms with Gasteiger partial charge in [-0.15, -0.1) is 0 Å². The minimum absolute atomic E-state index is 0.501. The van der Waals surface area contributed by atoms with E-state index in [-0.39, 0.29) is 0 Å². The highest BCUT2D eigenvalue weighted by Gasteiger charge is 2.38. The fourth-order valence-electron chi connectivity index (χ4n) is 4.41. The number of hydrogen-bond donors (Lipinski definition) is 1. The molecule has 114 valence electrons. The third kappa shape index (κ3) is 6.29. The highest BCUT2D eigenvalue weighted by Crippen LogP contribution is 2.45. The van der Waals surface area contributed by atoms with Crippen molar-refractivity contribution in [2.45, 2.75) is 105 Å². The van der Waals surface area contributed by atoms with Crippen LogP contribution in [0.2, 0.25) is 0 Å². The molecule has 1 nitrogen and oxygen atoms in total. The van der Waals surface area contributed by atoms with Gasteiger partial charge in [0.1, 0.15) is 0 Å².